The van der Waals surface area contributed by atoms with Crippen LogP contribution in [0.1, 0.15) is 31.7 Å². The van der Waals surface area contributed by atoms with Crippen molar-refractivity contribution in [1.29, 1.82) is 0 Å². The van der Waals surface area contributed by atoms with E-state index >= 15 is 0 Å². The average molecular weight is 235 g/mol. The number of hydrogen-bond acceptors (Lipinski definition) is 3. The molecule has 2 N–H and O–H groups in total. The molecule has 3 nitrogen and oxygen atoms in total. The highest BCUT2D eigenvalue weighted by molar-refractivity contribution is 5.51. The zero-order chi connectivity index (χ0) is 12.3. The number of hydrogen-bond donors (Lipinski definition) is 1. The molecule has 0 amide bonds. The van der Waals surface area contributed by atoms with Gasteiger partial charge in [-0.05, 0) is 25.8 Å². The molecule has 1 aliphatic rings. The van der Waals surface area contributed by atoms with E-state index in [9.17, 15) is 0 Å². The number of benzene rings is 1. The normalized spacial score (nSPS) is 17.4. The third kappa shape index (κ3) is 2.00. The number of para-hydroxylation sites is 1. The first-order valence-corrected chi connectivity index (χ1v) is 6.28. The molecule has 0 saturated heterocycles. The van der Waals surface area contributed by atoms with Gasteiger partial charge in [-0.25, -0.2) is 0 Å². The summed E-state index contributed by atoms with van der Waals surface area (Å²) in [6.45, 7) is 3.32. The fourth-order valence-electron chi connectivity index (χ4n) is 2.57. The van der Waals surface area contributed by atoms with Crippen LogP contribution < -0.4 is 15.2 Å². The summed E-state index contributed by atoms with van der Waals surface area (Å²) in [7, 11) is 1.68. The SMILES string of the molecule is CCOc1c(OC)cccc1C1(CN)CCC1. The average Bonchev–Trinajstić information content (AvgIpc) is 2.30. The molecule has 0 radical (unpaired) electrons. The van der Waals surface area contributed by atoms with Crippen molar-refractivity contribution < 1.29 is 9.47 Å². The van der Waals surface area contributed by atoms with Crippen LogP contribution in [0.2, 0.25) is 0 Å². The lowest BCUT2D eigenvalue weighted by atomic mass is 9.64. The summed E-state index contributed by atoms with van der Waals surface area (Å²) in [5.74, 6) is 1.69. The monoisotopic (exact) mass is 235 g/mol. The molecule has 0 atom stereocenters. The lowest BCUT2D eigenvalue weighted by molar-refractivity contribution is 0.233. The quantitative estimate of drug-likeness (QED) is 0.852. The maximum atomic E-state index is 5.96. The van der Waals surface area contributed by atoms with Gasteiger partial charge in [0, 0.05) is 17.5 Å². The van der Waals surface area contributed by atoms with Gasteiger partial charge in [0.2, 0.25) is 0 Å². The van der Waals surface area contributed by atoms with Crippen molar-refractivity contribution in [3.05, 3.63) is 23.8 Å². The molecule has 0 unspecified atom stereocenters. The van der Waals surface area contributed by atoms with E-state index in [2.05, 4.69) is 6.07 Å². The number of ether oxygens (including phenoxy) is 2. The van der Waals surface area contributed by atoms with Crippen molar-refractivity contribution in [2.75, 3.05) is 20.3 Å². The predicted octanol–water partition coefficient (Wildman–Crippen LogP) is 2.47. The second kappa shape index (κ2) is 4.96. The Morgan fingerprint density at radius 1 is 1.35 bits per heavy atom. The van der Waals surface area contributed by atoms with Crippen molar-refractivity contribution in [3.63, 3.8) is 0 Å². The van der Waals surface area contributed by atoms with Gasteiger partial charge in [-0.15, -0.1) is 0 Å². The van der Waals surface area contributed by atoms with Gasteiger partial charge >= 0.3 is 0 Å². The van der Waals surface area contributed by atoms with Crippen molar-refractivity contribution in [1.82, 2.24) is 0 Å². The topological polar surface area (TPSA) is 44.5 Å². The third-order valence-corrected chi connectivity index (χ3v) is 3.76. The highest BCUT2D eigenvalue weighted by Crippen LogP contribution is 2.48. The van der Waals surface area contributed by atoms with Gasteiger partial charge in [-0.3, -0.25) is 0 Å². The minimum absolute atomic E-state index is 0.110. The number of methoxy groups -OCH3 is 1. The van der Waals surface area contributed by atoms with Gasteiger partial charge in [0.25, 0.3) is 0 Å². The largest absolute Gasteiger partial charge is 0.493 e. The van der Waals surface area contributed by atoms with Gasteiger partial charge in [-0.1, -0.05) is 18.6 Å². The van der Waals surface area contributed by atoms with Gasteiger partial charge in [0.1, 0.15) is 0 Å². The van der Waals surface area contributed by atoms with E-state index in [0.717, 1.165) is 24.3 Å². The van der Waals surface area contributed by atoms with Crippen LogP contribution >= 0.6 is 0 Å². The van der Waals surface area contributed by atoms with Crippen LogP contribution in [-0.4, -0.2) is 20.3 Å². The van der Waals surface area contributed by atoms with Gasteiger partial charge in [0.05, 0.1) is 13.7 Å². The van der Waals surface area contributed by atoms with E-state index in [1.807, 2.05) is 19.1 Å². The molecule has 1 fully saturated rings. The van der Waals surface area contributed by atoms with Crippen LogP contribution in [0.5, 0.6) is 11.5 Å². The van der Waals surface area contributed by atoms with Crippen LogP contribution in [0, 0.1) is 0 Å². The molecule has 1 aliphatic carbocycles. The lowest BCUT2D eigenvalue weighted by Gasteiger charge is -2.42. The maximum absolute atomic E-state index is 5.96. The van der Waals surface area contributed by atoms with Crippen molar-refractivity contribution in [2.45, 2.75) is 31.6 Å². The Morgan fingerprint density at radius 2 is 2.12 bits per heavy atom. The minimum atomic E-state index is 0.110. The van der Waals surface area contributed by atoms with Crippen LogP contribution in [-0.2, 0) is 5.41 Å². The molecule has 17 heavy (non-hydrogen) atoms. The summed E-state index contributed by atoms with van der Waals surface area (Å²) in [6, 6.07) is 6.09. The van der Waals surface area contributed by atoms with Gasteiger partial charge in [0.15, 0.2) is 11.5 Å². The molecule has 1 aromatic rings. The summed E-state index contributed by atoms with van der Waals surface area (Å²) in [5.41, 5.74) is 7.29. The molecule has 94 valence electrons. The standard InChI is InChI=1S/C14H21NO2/c1-3-17-13-11(6-4-7-12(13)16-2)14(10-15)8-5-9-14/h4,6-7H,3,5,8-10,15H2,1-2H3. The highest BCUT2D eigenvalue weighted by Gasteiger charge is 2.40. The third-order valence-electron chi connectivity index (χ3n) is 3.76. The van der Waals surface area contributed by atoms with Crippen molar-refractivity contribution in [3.8, 4) is 11.5 Å². The fraction of sp³-hybridized carbons (Fsp3) is 0.571. The van der Waals surface area contributed by atoms with E-state index in [4.69, 9.17) is 15.2 Å². The first-order valence-electron chi connectivity index (χ1n) is 6.28. The number of nitrogens with two attached hydrogens (primary N) is 1. The molecule has 2 rings (SSSR count). The molecule has 0 aromatic heterocycles. The smallest absolute Gasteiger partial charge is 0.164 e. The molecule has 0 bridgehead atoms. The fourth-order valence-corrected chi connectivity index (χ4v) is 2.57. The molecular weight excluding hydrogens is 214 g/mol. The highest BCUT2D eigenvalue weighted by atomic mass is 16.5. The minimum Gasteiger partial charge on any atom is -0.493 e. The summed E-state index contributed by atoms with van der Waals surface area (Å²) >= 11 is 0. The van der Waals surface area contributed by atoms with E-state index in [0.29, 0.717) is 13.2 Å². The van der Waals surface area contributed by atoms with Crippen molar-refractivity contribution >= 4 is 0 Å². The second-order valence-electron chi connectivity index (χ2n) is 4.61. The summed E-state index contributed by atoms with van der Waals surface area (Å²) < 4.78 is 11.1. The molecule has 3 heteroatoms. The zero-order valence-corrected chi connectivity index (χ0v) is 10.7. The molecule has 0 spiro atoms. The van der Waals surface area contributed by atoms with Gasteiger partial charge < -0.3 is 15.2 Å². The number of rotatable bonds is 5. The van der Waals surface area contributed by atoms with Crippen LogP contribution in [0.15, 0.2) is 18.2 Å². The van der Waals surface area contributed by atoms with Crippen LogP contribution in [0.3, 0.4) is 0 Å². The Labute approximate surface area is 103 Å². The molecule has 0 aliphatic heterocycles. The van der Waals surface area contributed by atoms with Crippen molar-refractivity contribution in [2.24, 2.45) is 5.73 Å². The lowest BCUT2D eigenvalue weighted by Crippen LogP contribution is -2.41. The van der Waals surface area contributed by atoms with E-state index in [1.54, 1.807) is 7.11 Å². The summed E-state index contributed by atoms with van der Waals surface area (Å²) in [6.07, 6.45) is 3.55. The van der Waals surface area contributed by atoms with Gasteiger partial charge in [-0.2, -0.15) is 0 Å². The summed E-state index contributed by atoms with van der Waals surface area (Å²) in [5, 5.41) is 0. The molecule has 0 heterocycles. The Hall–Kier alpha value is -1.22. The molecule has 1 saturated carbocycles. The predicted molar refractivity (Wildman–Crippen MR) is 68.7 cm³/mol. The van der Waals surface area contributed by atoms with Crippen LogP contribution in [0.25, 0.3) is 0 Å². The van der Waals surface area contributed by atoms with E-state index < -0.39 is 0 Å². The zero-order valence-electron chi connectivity index (χ0n) is 10.7. The second-order valence-corrected chi connectivity index (χ2v) is 4.61. The van der Waals surface area contributed by atoms with E-state index in [-0.39, 0.29) is 5.41 Å². The van der Waals surface area contributed by atoms with E-state index in [1.165, 1.54) is 12.0 Å². The Kier molecular flexibility index (Phi) is 3.57. The Morgan fingerprint density at radius 3 is 2.59 bits per heavy atom. The van der Waals surface area contributed by atoms with Crippen LogP contribution in [0.4, 0.5) is 0 Å². The Bertz CT molecular complexity index is 380. The first kappa shape index (κ1) is 12.2. The molecule has 1 aromatic carbocycles. The first-order chi connectivity index (χ1) is 8.27. The maximum Gasteiger partial charge on any atom is 0.164 e. The molecular formula is C14H21NO2. The Balaban J connectivity index is 2.44. The summed E-state index contributed by atoms with van der Waals surface area (Å²) in [4.78, 5) is 0.